The largest absolute Gasteiger partial charge is 0.367 e. The molecule has 0 aromatic carbocycles. The summed E-state index contributed by atoms with van der Waals surface area (Å²) in [6.07, 6.45) is 4.52. The first-order valence-corrected chi connectivity index (χ1v) is 6.58. The topological polar surface area (TPSA) is 60.7 Å². The Morgan fingerprint density at radius 2 is 2.22 bits per heavy atom. The van der Waals surface area contributed by atoms with E-state index in [1.165, 1.54) is 24.1 Å². The van der Waals surface area contributed by atoms with Gasteiger partial charge in [-0.25, -0.2) is 4.98 Å². The molecular weight excluding hydrogens is 224 g/mol. The van der Waals surface area contributed by atoms with Gasteiger partial charge in [-0.05, 0) is 51.3 Å². The molecule has 0 fully saturated rings. The Morgan fingerprint density at radius 1 is 1.44 bits per heavy atom. The fourth-order valence-corrected chi connectivity index (χ4v) is 2.21. The Labute approximate surface area is 108 Å². The highest BCUT2D eigenvalue weighted by Gasteiger charge is 2.15. The first-order valence-electron chi connectivity index (χ1n) is 6.58. The second-order valence-corrected chi connectivity index (χ2v) is 4.88. The Morgan fingerprint density at radius 3 is 2.94 bits per heavy atom. The third kappa shape index (κ3) is 2.80. The van der Waals surface area contributed by atoms with Crippen molar-refractivity contribution < 1.29 is 0 Å². The van der Waals surface area contributed by atoms with Gasteiger partial charge in [0.1, 0.15) is 11.9 Å². The van der Waals surface area contributed by atoms with Gasteiger partial charge in [-0.1, -0.05) is 0 Å². The van der Waals surface area contributed by atoms with E-state index in [0.717, 1.165) is 25.2 Å². The Balaban J connectivity index is 2.20. The number of anilines is 1. The van der Waals surface area contributed by atoms with E-state index in [1.807, 2.05) is 13.1 Å². The zero-order chi connectivity index (χ0) is 13.0. The maximum absolute atomic E-state index is 9.20. The van der Waals surface area contributed by atoms with Crippen molar-refractivity contribution in [2.75, 3.05) is 18.9 Å². The van der Waals surface area contributed by atoms with Crippen LogP contribution in [0, 0.1) is 11.3 Å². The van der Waals surface area contributed by atoms with Crippen molar-refractivity contribution >= 4 is 5.82 Å². The summed E-state index contributed by atoms with van der Waals surface area (Å²) >= 11 is 0. The van der Waals surface area contributed by atoms with Crippen LogP contribution in [-0.2, 0) is 12.8 Å². The SMILES string of the molecule is CNC(C)CNc1nc2c(cc1C#N)CCCC2. The molecule has 0 amide bonds. The summed E-state index contributed by atoms with van der Waals surface area (Å²) in [4.78, 5) is 4.63. The molecule has 2 N–H and O–H groups in total. The molecule has 0 saturated carbocycles. The van der Waals surface area contributed by atoms with Gasteiger partial charge in [0.05, 0.1) is 5.56 Å². The molecular formula is C14H20N4. The lowest BCUT2D eigenvalue weighted by Gasteiger charge is -2.18. The summed E-state index contributed by atoms with van der Waals surface area (Å²) in [5.41, 5.74) is 3.09. The third-order valence-electron chi connectivity index (χ3n) is 3.49. The number of aryl methyl sites for hydroxylation is 2. The highest BCUT2D eigenvalue weighted by Crippen LogP contribution is 2.24. The molecule has 4 nitrogen and oxygen atoms in total. The van der Waals surface area contributed by atoms with Gasteiger partial charge in [-0.15, -0.1) is 0 Å². The van der Waals surface area contributed by atoms with Crippen LogP contribution < -0.4 is 10.6 Å². The molecule has 18 heavy (non-hydrogen) atoms. The van der Waals surface area contributed by atoms with Gasteiger partial charge in [0.15, 0.2) is 0 Å². The zero-order valence-electron chi connectivity index (χ0n) is 11.1. The van der Waals surface area contributed by atoms with Crippen molar-refractivity contribution in [3.8, 4) is 6.07 Å². The summed E-state index contributed by atoms with van der Waals surface area (Å²) < 4.78 is 0. The van der Waals surface area contributed by atoms with Gasteiger partial charge in [0, 0.05) is 18.3 Å². The Hall–Kier alpha value is -1.60. The smallest absolute Gasteiger partial charge is 0.144 e. The number of hydrogen-bond acceptors (Lipinski definition) is 4. The van der Waals surface area contributed by atoms with Crippen LogP contribution in [0.2, 0.25) is 0 Å². The van der Waals surface area contributed by atoms with Crippen molar-refractivity contribution in [3.63, 3.8) is 0 Å². The molecule has 0 saturated heterocycles. The number of hydrogen-bond donors (Lipinski definition) is 2. The molecule has 2 rings (SSSR count). The van der Waals surface area contributed by atoms with E-state index in [0.29, 0.717) is 11.6 Å². The summed E-state index contributed by atoms with van der Waals surface area (Å²) in [5, 5.41) is 15.6. The molecule has 0 radical (unpaired) electrons. The predicted molar refractivity (Wildman–Crippen MR) is 72.6 cm³/mol. The molecule has 1 aliphatic carbocycles. The van der Waals surface area contributed by atoms with E-state index in [1.54, 1.807) is 0 Å². The van der Waals surface area contributed by atoms with Gasteiger partial charge >= 0.3 is 0 Å². The molecule has 0 spiro atoms. The maximum atomic E-state index is 9.20. The fraction of sp³-hybridized carbons (Fsp3) is 0.571. The van der Waals surface area contributed by atoms with Gasteiger partial charge in [0.2, 0.25) is 0 Å². The van der Waals surface area contributed by atoms with Gasteiger partial charge in [-0.3, -0.25) is 0 Å². The average Bonchev–Trinajstić information content (AvgIpc) is 2.43. The number of nitrogens with zero attached hydrogens (tertiary/aromatic N) is 2. The van der Waals surface area contributed by atoms with Crippen LogP contribution in [0.25, 0.3) is 0 Å². The molecule has 0 aliphatic heterocycles. The van der Waals surface area contributed by atoms with Crippen LogP contribution in [0.3, 0.4) is 0 Å². The quantitative estimate of drug-likeness (QED) is 0.848. The molecule has 1 heterocycles. The van der Waals surface area contributed by atoms with Crippen LogP contribution in [0.5, 0.6) is 0 Å². The van der Waals surface area contributed by atoms with Crippen LogP contribution in [0.1, 0.15) is 36.6 Å². The molecule has 96 valence electrons. The standard InChI is InChI=1S/C14H20N4/c1-10(16-2)9-17-14-12(8-15)7-11-5-3-4-6-13(11)18-14/h7,10,16H,3-6,9H2,1-2H3,(H,17,18). The lowest BCUT2D eigenvalue weighted by Crippen LogP contribution is -2.30. The van der Waals surface area contributed by atoms with E-state index >= 15 is 0 Å². The van der Waals surface area contributed by atoms with Crippen LogP contribution in [0.4, 0.5) is 5.82 Å². The van der Waals surface area contributed by atoms with Crippen molar-refractivity contribution in [3.05, 3.63) is 22.9 Å². The second-order valence-electron chi connectivity index (χ2n) is 4.88. The maximum Gasteiger partial charge on any atom is 0.144 e. The Bertz CT molecular complexity index is 462. The summed E-state index contributed by atoms with van der Waals surface area (Å²) in [5.74, 6) is 0.736. The summed E-state index contributed by atoms with van der Waals surface area (Å²) in [6.45, 7) is 2.87. The fourth-order valence-electron chi connectivity index (χ4n) is 2.21. The van der Waals surface area contributed by atoms with E-state index in [4.69, 9.17) is 0 Å². The average molecular weight is 244 g/mol. The summed E-state index contributed by atoms with van der Waals surface area (Å²) in [6, 6.07) is 4.61. The number of nitriles is 1. The van der Waals surface area contributed by atoms with Gasteiger partial charge in [0.25, 0.3) is 0 Å². The Kier molecular flexibility index (Phi) is 4.16. The predicted octanol–water partition coefficient (Wildman–Crippen LogP) is 1.85. The van der Waals surface area contributed by atoms with Crippen LogP contribution in [-0.4, -0.2) is 24.6 Å². The van der Waals surface area contributed by atoms with E-state index in [2.05, 4.69) is 28.6 Å². The number of fused-ring (bicyclic) bond motifs is 1. The van der Waals surface area contributed by atoms with Crippen molar-refractivity contribution in [2.24, 2.45) is 0 Å². The second kappa shape index (κ2) is 5.83. The summed E-state index contributed by atoms with van der Waals surface area (Å²) in [7, 11) is 1.93. The normalized spacial score (nSPS) is 15.6. The minimum absolute atomic E-state index is 0.356. The lowest BCUT2D eigenvalue weighted by atomic mass is 9.95. The van der Waals surface area contributed by atoms with Crippen LogP contribution in [0.15, 0.2) is 6.07 Å². The number of pyridine rings is 1. The van der Waals surface area contributed by atoms with Gasteiger partial charge < -0.3 is 10.6 Å². The minimum atomic E-state index is 0.356. The highest BCUT2D eigenvalue weighted by atomic mass is 15.0. The van der Waals surface area contributed by atoms with Crippen molar-refractivity contribution in [2.45, 2.75) is 38.6 Å². The zero-order valence-corrected chi connectivity index (χ0v) is 11.1. The van der Waals surface area contributed by atoms with E-state index < -0.39 is 0 Å². The number of aromatic nitrogens is 1. The molecule has 1 aromatic heterocycles. The van der Waals surface area contributed by atoms with E-state index in [9.17, 15) is 5.26 Å². The van der Waals surface area contributed by atoms with Crippen molar-refractivity contribution in [1.29, 1.82) is 5.26 Å². The third-order valence-corrected chi connectivity index (χ3v) is 3.49. The molecule has 1 unspecified atom stereocenters. The molecule has 1 atom stereocenters. The molecule has 4 heteroatoms. The highest BCUT2D eigenvalue weighted by molar-refractivity contribution is 5.54. The van der Waals surface area contributed by atoms with Crippen molar-refractivity contribution in [1.82, 2.24) is 10.3 Å². The van der Waals surface area contributed by atoms with Gasteiger partial charge in [-0.2, -0.15) is 5.26 Å². The lowest BCUT2D eigenvalue weighted by molar-refractivity contribution is 0.635. The first kappa shape index (κ1) is 12.8. The van der Waals surface area contributed by atoms with E-state index in [-0.39, 0.29) is 0 Å². The molecule has 0 bridgehead atoms. The first-order chi connectivity index (χ1) is 8.74. The number of nitrogens with one attached hydrogen (secondary N) is 2. The molecule has 1 aliphatic rings. The monoisotopic (exact) mass is 244 g/mol. The van der Waals surface area contributed by atoms with Crippen LogP contribution >= 0.6 is 0 Å². The number of rotatable bonds is 4. The number of likely N-dealkylation sites (N-methyl/N-ethyl adjacent to an activating group) is 1. The minimum Gasteiger partial charge on any atom is -0.367 e. The molecule has 1 aromatic rings.